The molecule has 6 nitrogen and oxygen atoms in total. The first-order valence-electron chi connectivity index (χ1n) is 8.87. The van der Waals surface area contributed by atoms with Gasteiger partial charge in [-0.25, -0.2) is 8.42 Å². The van der Waals surface area contributed by atoms with Crippen LogP contribution in [-0.4, -0.2) is 48.3 Å². The Bertz CT molecular complexity index is 700. The number of hydrogen-bond acceptors (Lipinski definition) is 4. The maximum Gasteiger partial charge on any atom is 0.306 e. The first-order chi connectivity index (χ1) is 12.2. The number of carboxylic acids is 1. The van der Waals surface area contributed by atoms with Gasteiger partial charge in [-0.1, -0.05) is 44.1 Å². The summed E-state index contributed by atoms with van der Waals surface area (Å²) in [7, 11) is -3.31. The molecule has 0 fully saturated rings. The Morgan fingerprint density at radius 2 is 2.00 bits per heavy atom. The second-order valence-corrected chi connectivity index (χ2v) is 8.39. The topological polar surface area (TPSA) is 94.9 Å². The summed E-state index contributed by atoms with van der Waals surface area (Å²) in [4.78, 5) is 11.0. The van der Waals surface area contributed by atoms with Gasteiger partial charge in [-0.2, -0.15) is 4.31 Å². The van der Waals surface area contributed by atoms with E-state index < -0.39 is 16.0 Å². The van der Waals surface area contributed by atoms with Crippen molar-refractivity contribution in [3.8, 4) is 5.75 Å². The molecule has 0 amide bonds. The van der Waals surface area contributed by atoms with Crippen LogP contribution in [0.5, 0.6) is 5.75 Å². The molecule has 1 aromatic rings. The lowest BCUT2D eigenvalue weighted by molar-refractivity contribution is -0.142. The van der Waals surface area contributed by atoms with Gasteiger partial charge in [0.1, 0.15) is 5.75 Å². The summed E-state index contributed by atoms with van der Waals surface area (Å²) in [5.74, 6) is -0.910. The Balaban J connectivity index is 2.46. The molecular weight excluding hydrogens is 354 g/mol. The molecule has 7 heteroatoms. The van der Waals surface area contributed by atoms with Gasteiger partial charge in [-0.3, -0.25) is 4.79 Å². The summed E-state index contributed by atoms with van der Waals surface area (Å²) in [5, 5.41) is 18.5. The maximum absolute atomic E-state index is 11.9. The zero-order valence-corrected chi connectivity index (χ0v) is 16.3. The molecule has 1 unspecified atom stereocenters. The molecule has 0 saturated heterocycles. The van der Waals surface area contributed by atoms with Gasteiger partial charge in [0.05, 0.1) is 12.2 Å². The van der Waals surface area contributed by atoms with Gasteiger partial charge in [0.2, 0.25) is 10.0 Å². The number of phenolic OH excluding ortho intramolecular Hbond substituents is 1. The minimum absolute atomic E-state index is 0.166. The molecule has 2 N–H and O–H groups in total. The Morgan fingerprint density at radius 3 is 2.58 bits per heavy atom. The molecule has 0 bridgehead atoms. The first-order valence-corrected chi connectivity index (χ1v) is 10.7. The highest BCUT2D eigenvalue weighted by molar-refractivity contribution is 7.88. The van der Waals surface area contributed by atoms with Gasteiger partial charge < -0.3 is 10.2 Å². The van der Waals surface area contributed by atoms with Crippen LogP contribution in [0.4, 0.5) is 0 Å². The smallest absolute Gasteiger partial charge is 0.306 e. The van der Waals surface area contributed by atoms with Crippen LogP contribution < -0.4 is 0 Å². The fraction of sp³-hybridized carbons (Fsp3) is 0.526. The molecule has 0 aliphatic heterocycles. The summed E-state index contributed by atoms with van der Waals surface area (Å²) in [6, 6.07) is 6.74. The number of nitrogens with zero attached hydrogens (tertiary/aromatic N) is 1. The van der Waals surface area contributed by atoms with Crippen LogP contribution in [0.1, 0.15) is 44.6 Å². The SMILES string of the molecule is CCC(CCCCCN(C/C=C/c1cccc(O)c1)S(C)(=O)=O)C(=O)O. The third-order valence-corrected chi connectivity index (χ3v) is 5.53. The third kappa shape index (κ3) is 8.49. The van der Waals surface area contributed by atoms with E-state index in [2.05, 4.69) is 0 Å². The van der Waals surface area contributed by atoms with Crippen molar-refractivity contribution in [1.82, 2.24) is 4.31 Å². The van der Waals surface area contributed by atoms with Crippen molar-refractivity contribution >= 4 is 22.1 Å². The molecule has 0 aliphatic rings. The highest BCUT2D eigenvalue weighted by atomic mass is 32.2. The Labute approximate surface area is 156 Å². The molecule has 0 heterocycles. The van der Waals surface area contributed by atoms with E-state index in [-0.39, 0.29) is 18.2 Å². The van der Waals surface area contributed by atoms with Crippen LogP contribution in [0.3, 0.4) is 0 Å². The molecule has 1 rings (SSSR count). The molecule has 0 saturated carbocycles. The molecule has 26 heavy (non-hydrogen) atoms. The average Bonchev–Trinajstić information content (AvgIpc) is 2.55. The number of sulfonamides is 1. The van der Waals surface area contributed by atoms with E-state index in [1.807, 2.05) is 13.0 Å². The summed E-state index contributed by atoms with van der Waals surface area (Å²) in [5.41, 5.74) is 0.803. The quantitative estimate of drug-likeness (QED) is 0.540. The fourth-order valence-corrected chi connectivity index (χ4v) is 3.50. The van der Waals surface area contributed by atoms with Gasteiger partial charge in [-0.05, 0) is 37.0 Å². The van der Waals surface area contributed by atoms with Crippen molar-refractivity contribution in [2.75, 3.05) is 19.3 Å². The van der Waals surface area contributed by atoms with Crippen LogP contribution in [0, 0.1) is 5.92 Å². The minimum Gasteiger partial charge on any atom is -0.508 e. The summed E-state index contributed by atoms with van der Waals surface area (Å²) < 4.78 is 25.2. The van der Waals surface area contributed by atoms with Crippen LogP contribution in [0.25, 0.3) is 6.08 Å². The van der Waals surface area contributed by atoms with Gasteiger partial charge in [0.25, 0.3) is 0 Å². The number of aliphatic carboxylic acids is 1. The highest BCUT2D eigenvalue weighted by Gasteiger charge is 2.16. The van der Waals surface area contributed by atoms with Crippen LogP contribution >= 0.6 is 0 Å². The monoisotopic (exact) mass is 383 g/mol. The van der Waals surface area contributed by atoms with Crippen molar-refractivity contribution in [3.63, 3.8) is 0 Å². The highest BCUT2D eigenvalue weighted by Crippen LogP contribution is 2.15. The second-order valence-electron chi connectivity index (χ2n) is 6.41. The van der Waals surface area contributed by atoms with Crippen LogP contribution in [-0.2, 0) is 14.8 Å². The van der Waals surface area contributed by atoms with E-state index in [1.54, 1.807) is 30.4 Å². The number of hydrogen-bond donors (Lipinski definition) is 2. The number of rotatable bonds is 12. The van der Waals surface area contributed by atoms with Crippen LogP contribution in [0.15, 0.2) is 30.3 Å². The van der Waals surface area contributed by atoms with Crippen molar-refractivity contribution in [1.29, 1.82) is 0 Å². The summed E-state index contributed by atoms with van der Waals surface area (Å²) >= 11 is 0. The third-order valence-electron chi connectivity index (χ3n) is 4.26. The van der Waals surface area contributed by atoms with E-state index in [1.165, 1.54) is 10.6 Å². The van der Waals surface area contributed by atoms with E-state index in [9.17, 15) is 18.3 Å². The van der Waals surface area contributed by atoms with E-state index in [0.717, 1.165) is 18.4 Å². The number of phenols is 1. The number of aromatic hydroxyl groups is 1. The standard InChI is InChI=1S/C19H29NO5S/c1-3-17(19(22)23)11-5-4-6-13-20(26(2,24)25)14-8-10-16-9-7-12-18(21)15-16/h7-10,12,15,17,21H,3-6,11,13-14H2,1-2H3,(H,22,23)/b10-8+. The molecule has 0 spiro atoms. The van der Waals surface area contributed by atoms with Gasteiger partial charge in [-0.15, -0.1) is 0 Å². The molecule has 0 aromatic heterocycles. The second kappa shape index (κ2) is 11.0. The fourth-order valence-electron chi connectivity index (χ4n) is 2.69. The van der Waals surface area contributed by atoms with Crippen molar-refractivity contribution in [2.45, 2.75) is 39.0 Å². The summed E-state index contributed by atoms with van der Waals surface area (Å²) in [6.07, 6.45) is 8.24. The van der Waals surface area contributed by atoms with Crippen LogP contribution in [0.2, 0.25) is 0 Å². The van der Waals surface area contributed by atoms with Gasteiger partial charge in [0, 0.05) is 13.1 Å². The van der Waals surface area contributed by atoms with Crippen molar-refractivity contribution < 1.29 is 23.4 Å². The van der Waals surface area contributed by atoms with E-state index >= 15 is 0 Å². The largest absolute Gasteiger partial charge is 0.508 e. The molecule has 0 aliphatic carbocycles. The molecule has 1 aromatic carbocycles. The van der Waals surface area contributed by atoms with Crippen molar-refractivity contribution in [2.24, 2.45) is 5.92 Å². The average molecular weight is 384 g/mol. The Kier molecular flexibility index (Phi) is 9.37. The minimum atomic E-state index is -3.31. The van der Waals surface area contributed by atoms with E-state index in [0.29, 0.717) is 25.8 Å². The first kappa shape index (κ1) is 22.2. The maximum atomic E-state index is 11.9. The number of carbonyl (C=O) groups is 1. The predicted molar refractivity (Wildman–Crippen MR) is 103 cm³/mol. The number of carboxylic acid groups (broad SMARTS) is 1. The molecule has 1 atom stereocenters. The number of benzene rings is 1. The predicted octanol–water partition coefficient (Wildman–Crippen LogP) is 3.34. The van der Waals surface area contributed by atoms with E-state index in [4.69, 9.17) is 5.11 Å². The zero-order valence-electron chi connectivity index (χ0n) is 15.5. The molecule has 0 radical (unpaired) electrons. The molecular formula is C19H29NO5S. The lowest BCUT2D eigenvalue weighted by Crippen LogP contribution is -2.31. The van der Waals surface area contributed by atoms with Crippen molar-refractivity contribution in [3.05, 3.63) is 35.9 Å². The Hall–Kier alpha value is -1.86. The lowest BCUT2D eigenvalue weighted by atomic mass is 9.99. The van der Waals surface area contributed by atoms with Gasteiger partial charge >= 0.3 is 5.97 Å². The Morgan fingerprint density at radius 1 is 1.27 bits per heavy atom. The summed E-state index contributed by atoms with van der Waals surface area (Å²) in [6.45, 7) is 2.54. The van der Waals surface area contributed by atoms with Gasteiger partial charge in [0.15, 0.2) is 0 Å². The normalized spacial score (nSPS) is 13.3. The zero-order chi connectivity index (χ0) is 19.6. The number of unbranched alkanes of at least 4 members (excludes halogenated alkanes) is 2. The lowest BCUT2D eigenvalue weighted by Gasteiger charge is -2.18. The molecule has 146 valence electrons.